The van der Waals surface area contributed by atoms with Crippen molar-refractivity contribution in [3.8, 4) is 0 Å². The molecule has 2 aliphatic rings. The Bertz CT molecular complexity index is 919. The molecular weight excluding hydrogens is 508 g/mol. The van der Waals surface area contributed by atoms with Gasteiger partial charge in [-0.2, -0.15) is 0 Å². The van der Waals surface area contributed by atoms with E-state index in [0.717, 1.165) is 26.1 Å². The summed E-state index contributed by atoms with van der Waals surface area (Å²) in [6, 6.07) is 22.3. The molecule has 4 heteroatoms. The fourth-order valence-corrected chi connectivity index (χ4v) is 12.0. The van der Waals surface area contributed by atoms with Gasteiger partial charge in [0.1, 0.15) is 0 Å². The van der Waals surface area contributed by atoms with Crippen molar-refractivity contribution in [1.82, 2.24) is 0 Å². The van der Waals surface area contributed by atoms with Crippen LogP contribution in [-0.2, 0) is 13.9 Å². The third-order valence-corrected chi connectivity index (χ3v) is 14.9. The summed E-state index contributed by atoms with van der Waals surface area (Å²) < 4.78 is 20.1. The minimum Gasteiger partial charge on any atom is -0.404 e. The van der Waals surface area contributed by atoms with Gasteiger partial charge >= 0.3 is 0 Å². The van der Waals surface area contributed by atoms with Crippen molar-refractivity contribution in [3.05, 3.63) is 60.7 Å². The molecule has 2 saturated carbocycles. The first-order valence-electron chi connectivity index (χ1n) is 16.4. The second kappa shape index (κ2) is 14.6. The summed E-state index contributed by atoms with van der Waals surface area (Å²) in [5, 5.41) is 2.83. The average molecular weight is 565 g/mol. The lowest BCUT2D eigenvalue weighted by atomic mass is 9.63. The first-order valence-corrected chi connectivity index (χ1v) is 18.3. The highest BCUT2D eigenvalue weighted by atomic mass is 28.4. The van der Waals surface area contributed by atoms with Crippen molar-refractivity contribution in [2.45, 2.75) is 129 Å². The van der Waals surface area contributed by atoms with Crippen LogP contribution >= 0.6 is 0 Å². The SMILES string of the molecule is CCCCOC(OCCCC)C1CCC2(CCC(O[Si](c3ccccc3)(c3ccccc3)C(C)(C)C)CC2)CC1. The third-order valence-electron chi connectivity index (χ3n) is 9.79. The maximum Gasteiger partial charge on any atom is 0.261 e. The summed E-state index contributed by atoms with van der Waals surface area (Å²) in [5.41, 5.74) is 0.485. The molecule has 2 aromatic rings. The topological polar surface area (TPSA) is 27.7 Å². The Kier molecular flexibility index (Phi) is 11.5. The molecular formula is C36H56O3Si. The molecule has 0 atom stereocenters. The fourth-order valence-electron chi connectivity index (χ4n) is 7.30. The zero-order chi connectivity index (χ0) is 28.5. The molecule has 0 aliphatic heterocycles. The molecule has 0 radical (unpaired) electrons. The standard InChI is InChI=1S/C36H56O3Si/c1-6-8-28-37-34(38-29-9-7-2)30-20-24-36(25-21-30)26-22-31(23-27-36)39-40(35(3,4)5,32-16-12-10-13-17-32)33-18-14-11-15-19-33/h10-19,30-31,34H,6-9,20-29H2,1-5H3. The van der Waals surface area contributed by atoms with Crippen LogP contribution in [0.1, 0.15) is 112 Å². The minimum absolute atomic E-state index is 0.00901. The van der Waals surface area contributed by atoms with Gasteiger partial charge in [0.2, 0.25) is 0 Å². The number of rotatable bonds is 13. The van der Waals surface area contributed by atoms with E-state index in [4.69, 9.17) is 13.9 Å². The Morgan fingerprint density at radius 1 is 0.725 bits per heavy atom. The Balaban J connectivity index is 1.42. The second-order valence-corrected chi connectivity index (χ2v) is 17.9. The highest BCUT2D eigenvalue weighted by molar-refractivity contribution is 6.99. The Hall–Kier alpha value is -1.46. The van der Waals surface area contributed by atoms with E-state index in [1.807, 2.05) is 0 Å². The summed E-state index contributed by atoms with van der Waals surface area (Å²) in [5.74, 6) is 0.547. The molecule has 2 aromatic carbocycles. The largest absolute Gasteiger partial charge is 0.404 e. The lowest BCUT2D eigenvalue weighted by Gasteiger charge is -2.49. The molecule has 0 N–H and O–H groups in total. The van der Waals surface area contributed by atoms with Crippen LogP contribution in [0.15, 0.2) is 60.7 Å². The van der Waals surface area contributed by atoms with Gasteiger partial charge < -0.3 is 13.9 Å². The zero-order valence-corrected chi connectivity index (χ0v) is 27.1. The molecule has 222 valence electrons. The smallest absolute Gasteiger partial charge is 0.261 e. The van der Waals surface area contributed by atoms with Gasteiger partial charge in [-0.25, -0.2) is 0 Å². The third kappa shape index (κ3) is 7.48. The predicted molar refractivity (Wildman–Crippen MR) is 171 cm³/mol. The number of hydrogen-bond acceptors (Lipinski definition) is 3. The molecule has 0 amide bonds. The number of hydrogen-bond donors (Lipinski definition) is 0. The van der Waals surface area contributed by atoms with Gasteiger partial charge in [0.25, 0.3) is 8.32 Å². The van der Waals surface area contributed by atoms with Crippen LogP contribution in [0.5, 0.6) is 0 Å². The quantitative estimate of drug-likeness (QED) is 0.138. The molecule has 3 nitrogen and oxygen atoms in total. The molecule has 2 fully saturated rings. The van der Waals surface area contributed by atoms with Crippen LogP contribution in [0, 0.1) is 11.3 Å². The Labute approximate surface area is 246 Å². The summed E-state index contributed by atoms with van der Waals surface area (Å²) in [4.78, 5) is 0. The van der Waals surface area contributed by atoms with E-state index in [-0.39, 0.29) is 11.3 Å². The van der Waals surface area contributed by atoms with Crippen molar-refractivity contribution in [1.29, 1.82) is 0 Å². The Morgan fingerprint density at radius 2 is 1.18 bits per heavy atom. The first kappa shape index (κ1) is 31.5. The molecule has 0 heterocycles. The highest BCUT2D eigenvalue weighted by Gasteiger charge is 2.52. The maximum atomic E-state index is 7.52. The van der Waals surface area contributed by atoms with E-state index < -0.39 is 8.32 Å². The normalized spacial score (nSPS) is 24.1. The lowest BCUT2D eigenvalue weighted by Crippen LogP contribution is -2.68. The lowest BCUT2D eigenvalue weighted by molar-refractivity contribution is -0.184. The van der Waals surface area contributed by atoms with E-state index in [1.54, 1.807) is 0 Å². The van der Waals surface area contributed by atoms with Crippen LogP contribution in [0.2, 0.25) is 5.04 Å². The Morgan fingerprint density at radius 3 is 1.60 bits per heavy atom. The van der Waals surface area contributed by atoms with Crippen LogP contribution in [-0.4, -0.2) is 33.9 Å². The molecule has 0 unspecified atom stereocenters. The fraction of sp³-hybridized carbons (Fsp3) is 0.667. The zero-order valence-electron chi connectivity index (χ0n) is 26.1. The van der Waals surface area contributed by atoms with E-state index in [0.29, 0.717) is 17.4 Å². The van der Waals surface area contributed by atoms with Crippen molar-refractivity contribution >= 4 is 18.7 Å². The summed E-state index contributed by atoms with van der Waals surface area (Å²) in [6.07, 6.45) is 15.0. The maximum absolute atomic E-state index is 7.52. The van der Waals surface area contributed by atoms with Crippen LogP contribution in [0.4, 0.5) is 0 Å². The van der Waals surface area contributed by atoms with Crippen LogP contribution in [0.3, 0.4) is 0 Å². The summed E-state index contributed by atoms with van der Waals surface area (Å²) in [6.45, 7) is 13.3. The van der Waals surface area contributed by atoms with Crippen molar-refractivity contribution in [2.24, 2.45) is 11.3 Å². The van der Waals surface area contributed by atoms with E-state index in [2.05, 4.69) is 95.3 Å². The van der Waals surface area contributed by atoms with Gasteiger partial charge in [-0.05, 0) is 85.0 Å². The molecule has 0 bridgehead atoms. The first-order chi connectivity index (χ1) is 19.3. The predicted octanol–water partition coefficient (Wildman–Crippen LogP) is 8.64. The minimum atomic E-state index is -2.49. The second-order valence-electron chi connectivity index (χ2n) is 13.6. The van der Waals surface area contributed by atoms with Crippen molar-refractivity contribution < 1.29 is 13.9 Å². The van der Waals surface area contributed by atoms with Crippen LogP contribution in [0.25, 0.3) is 0 Å². The van der Waals surface area contributed by atoms with Gasteiger partial charge in [-0.1, -0.05) is 108 Å². The van der Waals surface area contributed by atoms with E-state index >= 15 is 0 Å². The van der Waals surface area contributed by atoms with Gasteiger partial charge in [0.15, 0.2) is 6.29 Å². The molecule has 40 heavy (non-hydrogen) atoms. The van der Waals surface area contributed by atoms with Crippen molar-refractivity contribution in [3.63, 3.8) is 0 Å². The molecule has 4 rings (SSSR count). The number of ether oxygens (including phenoxy) is 2. The van der Waals surface area contributed by atoms with Gasteiger partial charge in [-0.15, -0.1) is 0 Å². The monoisotopic (exact) mass is 564 g/mol. The average Bonchev–Trinajstić information content (AvgIpc) is 2.97. The summed E-state index contributed by atoms with van der Waals surface area (Å²) in [7, 11) is -2.49. The van der Waals surface area contributed by atoms with Gasteiger partial charge in [-0.3, -0.25) is 0 Å². The van der Waals surface area contributed by atoms with Crippen LogP contribution < -0.4 is 10.4 Å². The molecule has 1 spiro atoms. The highest BCUT2D eigenvalue weighted by Crippen LogP contribution is 2.51. The number of benzene rings is 2. The molecule has 0 saturated heterocycles. The van der Waals surface area contributed by atoms with Gasteiger partial charge in [0.05, 0.1) is 0 Å². The molecule has 0 aromatic heterocycles. The molecule has 2 aliphatic carbocycles. The van der Waals surface area contributed by atoms with E-state index in [9.17, 15) is 0 Å². The summed E-state index contributed by atoms with van der Waals surface area (Å²) >= 11 is 0. The van der Waals surface area contributed by atoms with E-state index in [1.165, 1.54) is 74.6 Å². The van der Waals surface area contributed by atoms with Crippen molar-refractivity contribution in [2.75, 3.05) is 13.2 Å². The van der Waals surface area contributed by atoms with Gasteiger partial charge in [0, 0.05) is 25.2 Å². The number of unbranched alkanes of at least 4 members (excludes halogenated alkanes) is 2.